The summed E-state index contributed by atoms with van der Waals surface area (Å²) in [4.78, 5) is 1.39. The molecule has 2 rings (SSSR count). The van der Waals surface area contributed by atoms with Gasteiger partial charge >= 0.3 is 0 Å². The second-order valence-electron chi connectivity index (χ2n) is 5.19. The van der Waals surface area contributed by atoms with Gasteiger partial charge in [-0.25, -0.2) is 0 Å². The van der Waals surface area contributed by atoms with Gasteiger partial charge in [0.1, 0.15) is 0 Å². The highest BCUT2D eigenvalue weighted by Crippen LogP contribution is 2.31. The van der Waals surface area contributed by atoms with Crippen molar-refractivity contribution in [3.05, 3.63) is 45.6 Å². The summed E-state index contributed by atoms with van der Waals surface area (Å²) < 4.78 is 10.7. The van der Waals surface area contributed by atoms with E-state index in [1.807, 2.05) is 12.1 Å². The van der Waals surface area contributed by atoms with Crippen molar-refractivity contribution in [3.8, 4) is 11.5 Å². The van der Waals surface area contributed by atoms with Gasteiger partial charge in [0.25, 0.3) is 0 Å². The highest BCUT2D eigenvalue weighted by molar-refractivity contribution is 7.10. The van der Waals surface area contributed by atoms with Crippen molar-refractivity contribution in [2.45, 2.75) is 32.9 Å². The Balaban J connectivity index is 2.13. The summed E-state index contributed by atoms with van der Waals surface area (Å²) in [6, 6.07) is 8.79. The molecule has 0 bridgehead atoms. The first-order valence-corrected chi connectivity index (χ1v) is 7.96. The number of nitrogens with one attached hydrogen (secondary N) is 1. The Morgan fingerprint density at radius 2 is 1.71 bits per heavy atom. The predicted octanol–water partition coefficient (Wildman–Crippen LogP) is 4.49. The fourth-order valence-corrected chi connectivity index (χ4v) is 3.44. The van der Waals surface area contributed by atoms with Gasteiger partial charge in [0.2, 0.25) is 0 Å². The Kier molecular flexibility index (Phi) is 5.26. The summed E-state index contributed by atoms with van der Waals surface area (Å²) in [6.45, 7) is 6.53. The highest BCUT2D eigenvalue weighted by atomic mass is 32.1. The highest BCUT2D eigenvalue weighted by Gasteiger charge is 2.15. The molecule has 0 spiro atoms. The number of hydrogen-bond acceptors (Lipinski definition) is 4. The topological polar surface area (TPSA) is 30.5 Å². The average molecular weight is 305 g/mol. The molecule has 0 aliphatic rings. The van der Waals surface area contributed by atoms with E-state index in [4.69, 9.17) is 9.47 Å². The van der Waals surface area contributed by atoms with Crippen LogP contribution in [-0.4, -0.2) is 14.2 Å². The molecule has 21 heavy (non-hydrogen) atoms. The molecule has 0 radical (unpaired) electrons. The van der Waals surface area contributed by atoms with E-state index in [1.54, 1.807) is 25.6 Å². The predicted molar refractivity (Wildman–Crippen MR) is 88.6 cm³/mol. The van der Waals surface area contributed by atoms with Crippen molar-refractivity contribution < 1.29 is 9.47 Å². The average Bonchev–Trinajstić information content (AvgIpc) is 2.92. The zero-order valence-electron chi connectivity index (χ0n) is 13.3. The summed E-state index contributed by atoms with van der Waals surface area (Å²) in [5.74, 6) is 1.53. The minimum Gasteiger partial charge on any atom is -0.493 e. The van der Waals surface area contributed by atoms with Crippen molar-refractivity contribution >= 4 is 11.3 Å². The SMILES string of the molecule is COc1ccc(C(C)NC(C)c2sccc2C)cc1OC. The van der Waals surface area contributed by atoms with Gasteiger partial charge < -0.3 is 14.8 Å². The van der Waals surface area contributed by atoms with E-state index in [0.29, 0.717) is 6.04 Å². The lowest BCUT2D eigenvalue weighted by Crippen LogP contribution is -2.22. The number of methoxy groups -OCH3 is 2. The first kappa shape index (κ1) is 15.9. The summed E-state index contributed by atoms with van der Waals surface area (Å²) in [5, 5.41) is 5.78. The molecule has 0 saturated carbocycles. The molecule has 2 aromatic rings. The molecular formula is C17H23NO2S. The summed E-state index contributed by atoms with van der Waals surface area (Å²) in [7, 11) is 3.32. The van der Waals surface area contributed by atoms with Crippen LogP contribution in [0.5, 0.6) is 11.5 Å². The first-order valence-electron chi connectivity index (χ1n) is 7.08. The molecule has 4 heteroatoms. The second-order valence-corrected chi connectivity index (χ2v) is 6.14. The van der Waals surface area contributed by atoms with Gasteiger partial charge in [0.05, 0.1) is 14.2 Å². The Morgan fingerprint density at radius 1 is 1.00 bits per heavy atom. The van der Waals surface area contributed by atoms with Crippen LogP contribution in [0.15, 0.2) is 29.6 Å². The monoisotopic (exact) mass is 305 g/mol. The Bertz CT molecular complexity index is 594. The zero-order chi connectivity index (χ0) is 15.4. The lowest BCUT2D eigenvalue weighted by molar-refractivity contribution is 0.353. The van der Waals surface area contributed by atoms with E-state index in [9.17, 15) is 0 Å². The van der Waals surface area contributed by atoms with E-state index >= 15 is 0 Å². The number of aryl methyl sites for hydroxylation is 1. The molecule has 0 amide bonds. The lowest BCUT2D eigenvalue weighted by Gasteiger charge is -2.21. The van der Waals surface area contributed by atoms with Crippen LogP contribution in [-0.2, 0) is 0 Å². The molecule has 2 unspecified atom stereocenters. The smallest absolute Gasteiger partial charge is 0.161 e. The van der Waals surface area contributed by atoms with Crippen molar-refractivity contribution in [2.75, 3.05) is 14.2 Å². The third-order valence-corrected chi connectivity index (χ3v) is 4.90. The second kappa shape index (κ2) is 6.96. The van der Waals surface area contributed by atoms with Crippen LogP contribution in [0.4, 0.5) is 0 Å². The molecule has 1 N–H and O–H groups in total. The molecule has 1 heterocycles. The molecule has 3 nitrogen and oxygen atoms in total. The molecule has 1 aromatic carbocycles. The maximum Gasteiger partial charge on any atom is 0.161 e. The molecule has 0 saturated heterocycles. The molecule has 0 aliphatic carbocycles. The van der Waals surface area contributed by atoms with Gasteiger partial charge in [-0.3, -0.25) is 0 Å². The fourth-order valence-electron chi connectivity index (χ4n) is 2.50. The van der Waals surface area contributed by atoms with Crippen LogP contribution in [0.1, 0.15) is 41.9 Å². The standard InChI is InChI=1S/C17H23NO2S/c1-11-8-9-21-17(11)13(3)18-12(2)14-6-7-15(19-4)16(10-14)20-5/h6-10,12-13,18H,1-5H3. The number of ether oxygens (including phenoxy) is 2. The van der Waals surface area contributed by atoms with E-state index in [2.05, 4.69) is 43.6 Å². The van der Waals surface area contributed by atoms with Gasteiger partial charge in [-0.05, 0) is 55.5 Å². The normalized spacial score (nSPS) is 13.8. The molecule has 0 aliphatic heterocycles. The van der Waals surface area contributed by atoms with Gasteiger partial charge in [0.15, 0.2) is 11.5 Å². The van der Waals surface area contributed by atoms with Crippen LogP contribution in [0.3, 0.4) is 0 Å². The zero-order valence-corrected chi connectivity index (χ0v) is 14.1. The molecule has 0 fully saturated rings. The van der Waals surface area contributed by atoms with Crippen LogP contribution in [0.25, 0.3) is 0 Å². The van der Waals surface area contributed by atoms with Crippen LogP contribution in [0, 0.1) is 6.92 Å². The quantitative estimate of drug-likeness (QED) is 0.853. The number of hydrogen-bond donors (Lipinski definition) is 1. The third kappa shape index (κ3) is 3.57. The minimum absolute atomic E-state index is 0.237. The molecule has 114 valence electrons. The van der Waals surface area contributed by atoms with E-state index in [0.717, 1.165) is 11.5 Å². The van der Waals surface area contributed by atoms with E-state index in [-0.39, 0.29) is 6.04 Å². The Labute approximate surface area is 130 Å². The van der Waals surface area contributed by atoms with Gasteiger partial charge in [-0.1, -0.05) is 6.07 Å². The van der Waals surface area contributed by atoms with Gasteiger partial charge in [-0.2, -0.15) is 0 Å². The molecular weight excluding hydrogens is 282 g/mol. The first-order chi connectivity index (χ1) is 10.1. The Hall–Kier alpha value is -1.52. The summed E-state index contributed by atoms with van der Waals surface area (Å²) in [6.07, 6.45) is 0. The molecule has 2 atom stereocenters. The summed E-state index contributed by atoms with van der Waals surface area (Å²) >= 11 is 1.80. The van der Waals surface area contributed by atoms with Crippen LogP contribution < -0.4 is 14.8 Å². The lowest BCUT2D eigenvalue weighted by atomic mass is 10.1. The van der Waals surface area contributed by atoms with Gasteiger partial charge in [-0.15, -0.1) is 11.3 Å². The number of benzene rings is 1. The van der Waals surface area contributed by atoms with Crippen LogP contribution >= 0.6 is 11.3 Å². The van der Waals surface area contributed by atoms with Crippen molar-refractivity contribution in [1.82, 2.24) is 5.32 Å². The minimum atomic E-state index is 0.237. The third-order valence-electron chi connectivity index (χ3n) is 3.70. The van der Waals surface area contributed by atoms with Crippen molar-refractivity contribution in [1.29, 1.82) is 0 Å². The summed E-state index contributed by atoms with van der Waals surface area (Å²) in [5.41, 5.74) is 2.54. The van der Waals surface area contributed by atoms with E-state index in [1.165, 1.54) is 16.0 Å². The number of thiophene rings is 1. The number of rotatable bonds is 6. The molecule has 1 aromatic heterocycles. The van der Waals surface area contributed by atoms with Gasteiger partial charge in [0, 0.05) is 17.0 Å². The van der Waals surface area contributed by atoms with E-state index < -0.39 is 0 Å². The maximum atomic E-state index is 5.37. The Morgan fingerprint density at radius 3 is 2.29 bits per heavy atom. The van der Waals surface area contributed by atoms with Crippen LogP contribution in [0.2, 0.25) is 0 Å². The van der Waals surface area contributed by atoms with Crippen molar-refractivity contribution in [2.24, 2.45) is 0 Å². The maximum absolute atomic E-state index is 5.37. The largest absolute Gasteiger partial charge is 0.493 e. The fraction of sp³-hybridized carbons (Fsp3) is 0.412. The van der Waals surface area contributed by atoms with Crippen molar-refractivity contribution in [3.63, 3.8) is 0 Å².